The topological polar surface area (TPSA) is 118 Å². The molecule has 0 saturated carbocycles. The first kappa shape index (κ1) is 17.8. The zero-order valence-corrected chi connectivity index (χ0v) is 14.9. The number of hydrazone groups is 1. The van der Waals surface area contributed by atoms with E-state index in [-0.39, 0.29) is 17.7 Å². The number of aromatic amines is 1. The zero-order valence-electron chi connectivity index (χ0n) is 14.9. The number of aryl methyl sites for hydroxylation is 2. The molecule has 0 radical (unpaired) electrons. The van der Waals surface area contributed by atoms with Crippen molar-refractivity contribution >= 4 is 22.4 Å². The highest BCUT2D eigenvalue weighted by atomic mass is 16.1. The van der Waals surface area contributed by atoms with Crippen LogP contribution in [0.25, 0.3) is 11.0 Å². The van der Waals surface area contributed by atoms with Crippen LogP contribution in [0.3, 0.4) is 0 Å². The Bertz CT molecular complexity index is 1180. The number of H-pyrrole nitrogens is 1. The zero-order chi connectivity index (χ0) is 19.4. The summed E-state index contributed by atoms with van der Waals surface area (Å²) in [7, 11) is 0. The molecule has 3 rings (SSSR count). The minimum Gasteiger partial charge on any atom is -0.319 e. The van der Waals surface area contributed by atoms with E-state index in [1.165, 1.54) is 0 Å². The molecule has 2 aromatic carbocycles. The first-order valence-corrected chi connectivity index (χ1v) is 8.23. The van der Waals surface area contributed by atoms with Crippen molar-refractivity contribution in [2.24, 2.45) is 5.10 Å². The second kappa shape index (κ2) is 7.51. The van der Waals surface area contributed by atoms with Crippen LogP contribution in [0.2, 0.25) is 0 Å². The Morgan fingerprint density at radius 3 is 2.63 bits per heavy atom. The fourth-order valence-corrected chi connectivity index (χ4v) is 2.66. The van der Waals surface area contributed by atoms with Gasteiger partial charge in [-0.3, -0.25) is 10.2 Å². The molecule has 3 aromatic rings. The van der Waals surface area contributed by atoms with Crippen LogP contribution in [-0.4, -0.2) is 15.7 Å². The van der Waals surface area contributed by atoms with Gasteiger partial charge in [-0.15, -0.1) is 0 Å². The van der Waals surface area contributed by atoms with Crippen molar-refractivity contribution in [2.45, 2.75) is 20.3 Å². The molecule has 2 N–H and O–H groups in total. The van der Waals surface area contributed by atoms with Crippen molar-refractivity contribution in [2.75, 3.05) is 5.43 Å². The lowest BCUT2D eigenvalue weighted by Gasteiger charge is -2.09. The molecule has 7 nitrogen and oxygen atoms in total. The maximum absolute atomic E-state index is 12.5. The van der Waals surface area contributed by atoms with Gasteiger partial charge in [-0.2, -0.15) is 15.6 Å². The van der Waals surface area contributed by atoms with Crippen molar-refractivity contribution in [3.05, 3.63) is 69.1 Å². The second-order valence-electron chi connectivity index (χ2n) is 6.10. The van der Waals surface area contributed by atoms with E-state index in [1.807, 2.05) is 38.1 Å². The lowest BCUT2D eigenvalue weighted by atomic mass is 10.1. The smallest absolute Gasteiger partial charge is 0.270 e. The van der Waals surface area contributed by atoms with Gasteiger partial charge >= 0.3 is 0 Å². The van der Waals surface area contributed by atoms with E-state index in [9.17, 15) is 4.79 Å². The molecule has 0 fully saturated rings. The normalized spacial score (nSPS) is 10.1. The van der Waals surface area contributed by atoms with E-state index in [2.05, 4.69) is 20.5 Å². The van der Waals surface area contributed by atoms with Gasteiger partial charge in [0.1, 0.15) is 17.8 Å². The van der Waals surface area contributed by atoms with Crippen molar-refractivity contribution in [1.82, 2.24) is 9.97 Å². The summed E-state index contributed by atoms with van der Waals surface area (Å²) in [4.78, 5) is 19.9. The molecule has 0 saturated heterocycles. The maximum Gasteiger partial charge on any atom is 0.270 e. The molecule has 1 aromatic heterocycles. The molecule has 27 heavy (non-hydrogen) atoms. The molecule has 7 heteroatoms. The summed E-state index contributed by atoms with van der Waals surface area (Å²) in [5, 5.41) is 21.3. The number of para-hydroxylation sites is 1. The lowest BCUT2D eigenvalue weighted by Crippen LogP contribution is -2.16. The summed E-state index contributed by atoms with van der Waals surface area (Å²) in [6.07, 6.45) is 0.283. The van der Waals surface area contributed by atoms with Crippen LogP contribution in [0.4, 0.5) is 5.69 Å². The highest BCUT2D eigenvalue weighted by Gasteiger charge is 2.10. The molecule has 0 atom stereocenters. The monoisotopic (exact) mass is 356 g/mol. The average molecular weight is 356 g/mol. The predicted octanol–water partition coefficient (Wildman–Crippen LogP) is 2.95. The summed E-state index contributed by atoms with van der Waals surface area (Å²) in [6.45, 7) is 3.99. The molecule has 0 aliphatic carbocycles. The fourth-order valence-electron chi connectivity index (χ4n) is 2.66. The Hall–Kier alpha value is -3.97. The fraction of sp³-hybridized carbons (Fsp3) is 0.150. The second-order valence-corrected chi connectivity index (χ2v) is 6.10. The number of nitrogens with one attached hydrogen (secondary N) is 2. The Morgan fingerprint density at radius 2 is 1.89 bits per heavy atom. The number of hydrogen-bond donors (Lipinski definition) is 2. The number of hydrogen-bond acceptors (Lipinski definition) is 6. The van der Waals surface area contributed by atoms with Crippen LogP contribution in [0, 0.1) is 36.5 Å². The van der Waals surface area contributed by atoms with Crippen LogP contribution >= 0.6 is 0 Å². The molecule has 0 aliphatic heterocycles. The van der Waals surface area contributed by atoms with E-state index in [0.717, 1.165) is 22.2 Å². The van der Waals surface area contributed by atoms with E-state index in [4.69, 9.17) is 10.5 Å². The van der Waals surface area contributed by atoms with Gasteiger partial charge in [0, 0.05) is 6.42 Å². The number of rotatable bonds is 4. The van der Waals surface area contributed by atoms with E-state index < -0.39 is 0 Å². The first-order chi connectivity index (χ1) is 13.0. The Kier molecular flexibility index (Phi) is 4.96. The molecule has 0 amide bonds. The van der Waals surface area contributed by atoms with Crippen molar-refractivity contribution < 1.29 is 0 Å². The van der Waals surface area contributed by atoms with Gasteiger partial charge in [0.25, 0.3) is 5.56 Å². The first-order valence-electron chi connectivity index (χ1n) is 8.23. The molecule has 0 unspecified atom stereocenters. The Labute approximate surface area is 155 Å². The van der Waals surface area contributed by atoms with Crippen LogP contribution < -0.4 is 11.0 Å². The SMILES string of the molecule is Cc1cc2nc(Cc3ccccc3NN=C(C#N)C#N)c(=O)[nH]c2cc1C. The van der Waals surface area contributed by atoms with Crippen molar-refractivity contribution in [1.29, 1.82) is 10.5 Å². The van der Waals surface area contributed by atoms with Gasteiger partial charge in [-0.05, 0) is 48.7 Å². The number of benzene rings is 2. The molecule has 0 bridgehead atoms. The van der Waals surface area contributed by atoms with Gasteiger partial charge in [0.2, 0.25) is 5.71 Å². The van der Waals surface area contributed by atoms with Gasteiger partial charge in [0.15, 0.2) is 0 Å². The van der Waals surface area contributed by atoms with Crippen molar-refractivity contribution in [3.63, 3.8) is 0 Å². The third-order valence-electron chi connectivity index (χ3n) is 4.25. The largest absolute Gasteiger partial charge is 0.319 e. The highest BCUT2D eigenvalue weighted by Crippen LogP contribution is 2.19. The Morgan fingerprint density at radius 1 is 1.19 bits per heavy atom. The summed E-state index contributed by atoms with van der Waals surface area (Å²) < 4.78 is 0. The van der Waals surface area contributed by atoms with Crippen LogP contribution in [0.15, 0.2) is 46.3 Å². The minimum absolute atomic E-state index is 0.251. The molecule has 0 aliphatic rings. The predicted molar refractivity (Wildman–Crippen MR) is 103 cm³/mol. The average Bonchev–Trinajstić information content (AvgIpc) is 2.66. The third kappa shape index (κ3) is 3.83. The molecule has 0 spiro atoms. The molecule has 1 heterocycles. The van der Waals surface area contributed by atoms with E-state index >= 15 is 0 Å². The Balaban J connectivity index is 1.99. The van der Waals surface area contributed by atoms with Gasteiger partial charge in [-0.1, -0.05) is 18.2 Å². The maximum atomic E-state index is 12.5. The number of nitrogens with zero attached hydrogens (tertiary/aromatic N) is 4. The number of anilines is 1. The molecular weight excluding hydrogens is 340 g/mol. The number of fused-ring (bicyclic) bond motifs is 1. The third-order valence-corrected chi connectivity index (χ3v) is 4.25. The molecule has 132 valence electrons. The van der Waals surface area contributed by atoms with E-state index in [0.29, 0.717) is 16.9 Å². The summed E-state index contributed by atoms with van der Waals surface area (Å²) in [5.41, 5.74) is 7.56. The van der Waals surface area contributed by atoms with Gasteiger partial charge in [0.05, 0.1) is 16.7 Å². The highest BCUT2D eigenvalue weighted by molar-refractivity contribution is 6.10. The lowest BCUT2D eigenvalue weighted by molar-refractivity contribution is 1.02. The van der Waals surface area contributed by atoms with Gasteiger partial charge < -0.3 is 4.98 Å². The number of aromatic nitrogens is 2. The van der Waals surface area contributed by atoms with E-state index in [1.54, 1.807) is 24.3 Å². The van der Waals surface area contributed by atoms with Crippen LogP contribution in [-0.2, 0) is 6.42 Å². The van der Waals surface area contributed by atoms with Crippen LogP contribution in [0.5, 0.6) is 0 Å². The summed E-state index contributed by atoms with van der Waals surface area (Å²) in [6, 6.07) is 14.5. The van der Waals surface area contributed by atoms with Gasteiger partial charge in [-0.25, -0.2) is 4.98 Å². The summed E-state index contributed by atoms with van der Waals surface area (Å²) >= 11 is 0. The summed E-state index contributed by atoms with van der Waals surface area (Å²) in [5.74, 6) is 0. The van der Waals surface area contributed by atoms with Crippen molar-refractivity contribution in [3.8, 4) is 12.1 Å². The standard InChI is InChI=1S/C20H16N6O/c1-12-7-17-18(8-13(12)2)24-20(27)19(23-17)9-14-5-3-4-6-16(14)26-25-15(10-21)11-22/h3-8,26H,9H2,1-2H3,(H,24,27). The molecular formula is C20H16N6O. The quantitative estimate of drug-likeness (QED) is 0.550. The number of nitriles is 2. The van der Waals surface area contributed by atoms with Crippen LogP contribution in [0.1, 0.15) is 22.4 Å². The minimum atomic E-state index is -0.280.